The third kappa shape index (κ3) is 3.81. The Bertz CT molecular complexity index is 524. The number of ketones is 1. The fourth-order valence-electron chi connectivity index (χ4n) is 1.49. The van der Waals surface area contributed by atoms with E-state index in [4.69, 9.17) is 5.11 Å². The van der Waals surface area contributed by atoms with Crippen LogP contribution in [-0.4, -0.2) is 28.4 Å². The van der Waals surface area contributed by atoms with E-state index in [1.165, 1.54) is 13.8 Å². The SMILES string of the molecule is CCC(C)(NC(=O)Nc1ccc(C(C)=O)cc1)C(=O)O. The van der Waals surface area contributed by atoms with Gasteiger partial charge in [-0.25, -0.2) is 9.59 Å². The maximum Gasteiger partial charge on any atom is 0.329 e. The third-order valence-corrected chi connectivity index (χ3v) is 3.12. The van der Waals surface area contributed by atoms with Crippen molar-refractivity contribution in [3.8, 4) is 0 Å². The maximum absolute atomic E-state index is 11.8. The zero-order chi connectivity index (χ0) is 15.3. The second-order valence-corrected chi connectivity index (χ2v) is 4.70. The second kappa shape index (κ2) is 6.18. The van der Waals surface area contributed by atoms with Crippen LogP contribution in [0.4, 0.5) is 10.5 Å². The molecule has 20 heavy (non-hydrogen) atoms. The van der Waals surface area contributed by atoms with Crippen molar-refractivity contribution >= 4 is 23.5 Å². The molecule has 1 aromatic rings. The zero-order valence-electron chi connectivity index (χ0n) is 11.7. The molecule has 3 N–H and O–H groups in total. The predicted molar refractivity (Wildman–Crippen MR) is 74.9 cm³/mol. The quantitative estimate of drug-likeness (QED) is 0.720. The maximum atomic E-state index is 11.8. The number of anilines is 1. The molecule has 2 amide bonds. The van der Waals surface area contributed by atoms with Crippen LogP contribution in [0.15, 0.2) is 24.3 Å². The summed E-state index contributed by atoms with van der Waals surface area (Å²) < 4.78 is 0. The molecule has 0 fully saturated rings. The smallest absolute Gasteiger partial charge is 0.329 e. The zero-order valence-corrected chi connectivity index (χ0v) is 11.7. The minimum absolute atomic E-state index is 0.0644. The number of Topliss-reactive ketones (excluding diaryl/α,β-unsaturated/α-hetero) is 1. The lowest BCUT2D eigenvalue weighted by Gasteiger charge is -2.24. The second-order valence-electron chi connectivity index (χ2n) is 4.70. The topological polar surface area (TPSA) is 95.5 Å². The van der Waals surface area contributed by atoms with E-state index in [1.807, 2.05) is 0 Å². The molecule has 0 aliphatic carbocycles. The lowest BCUT2D eigenvalue weighted by atomic mass is 10.00. The molecule has 6 heteroatoms. The van der Waals surface area contributed by atoms with Gasteiger partial charge in [0.2, 0.25) is 0 Å². The van der Waals surface area contributed by atoms with E-state index < -0.39 is 17.5 Å². The monoisotopic (exact) mass is 278 g/mol. The number of nitrogens with one attached hydrogen (secondary N) is 2. The van der Waals surface area contributed by atoms with Crippen LogP contribution in [0, 0.1) is 0 Å². The number of hydrogen-bond acceptors (Lipinski definition) is 3. The van der Waals surface area contributed by atoms with Crippen molar-refractivity contribution in [3.05, 3.63) is 29.8 Å². The Balaban J connectivity index is 2.71. The molecule has 108 valence electrons. The van der Waals surface area contributed by atoms with Crippen molar-refractivity contribution in [2.24, 2.45) is 0 Å². The van der Waals surface area contributed by atoms with Gasteiger partial charge in [0.15, 0.2) is 5.78 Å². The standard InChI is InChI=1S/C14H18N2O4/c1-4-14(3,12(18)19)16-13(20)15-11-7-5-10(6-8-11)9(2)17/h5-8H,4H2,1-3H3,(H,18,19)(H2,15,16,20). The Morgan fingerprint density at radius 1 is 1.20 bits per heavy atom. The summed E-state index contributed by atoms with van der Waals surface area (Å²) in [5.74, 6) is -1.16. The van der Waals surface area contributed by atoms with Gasteiger partial charge in [-0.1, -0.05) is 6.92 Å². The Hall–Kier alpha value is -2.37. The Labute approximate surface area is 117 Å². The number of carbonyl (C=O) groups is 3. The molecule has 6 nitrogen and oxygen atoms in total. The van der Waals surface area contributed by atoms with Gasteiger partial charge in [-0.2, -0.15) is 0 Å². The first-order valence-electron chi connectivity index (χ1n) is 6.22. The Morgan fingerprint density at radius 2 is 1.75 bits per heavy atom. The van der Waals surface area contributed by atoms with Crippen molar-refractivity contribution in [2.45, 2.75) is 32.7 Å². The predicted octanol–water partition coefficient (Wildman–Crippen LogP) is 2.26. The minimum Gasteiger partial charge on any atom is -0.480 e. The van der Waals surface area contributed by atoms with Crippen molar-refractivity contribution in [1.82, 2.24) is 5.32 Å². The molecule has 0 aromatic heterocycles. The molecule has 0 radical (unpaired) electrons. The molecule has 0 aliphatic rings. The highest BCUT2D eigenvalue weighted by Crippen LogP contribution is 2.12. The van der Waals surface area contributed by atoms with Gasteiger partial charge in [0.25, 0.3) is 0 Å². The number of hydrogen-bond donors (Lipinski definition) is 3. The van der Waals surface area contributed by atoms with E-state index >= 15 is 0 Å². The molecule has 1 atom stereocenters. The largest absolute Gasteiger partial charge is 0.480 e. The number of amides is 2. The van der Waals surface area contributed by atoms with E-state index in [2.05, 4.69) is 10.6 Å². The van der Waals surface area contributed by atoms with Gasteiger partial charge in [-0.3, -0.25) is 4.79 Å². The summed E-state index contributed by atoms with van der Waals surface area (Å²) in [7, 11) is 0. The number of rotatable bonds is 5. The first kappa shape index (κ1) is 15.7. The number of aliphatic carboxylic acids is 1. The van der Waals surface area contributed by atoms with Crippen LogP contribution in [0.1, 0.15) is 37.6 Å². The van der Waals surface area contributed by atoms with Gasteiger partial charge in [0, 0.05) is 11.3 Å². The van der Waals surface area contributed by atoms with Gasteiger partial charge in [-0.05, 0) is 44.5 Å². The molecule has 1 aromatic carbocycles. The van der Waals surface area contributed by atoms with Crippen LogP contribution in [0.5, 0.6) is 0 Å². The van der Waals surface area contributed by atoms with Crippen molar-refractivity contribution in [2.75, 3.05) is 5.32 Å². The average Bonchev–Trinajstić information content (AvgIpc) is 2.38. The van der Waals surface area contributed by atoms with Gasteiger partial charge < -0.3 is 15.7 Å². The van der Waals surface area contributed by atoms with Crippen molar-refractivity contribution < 1.29 is 19.5 Å². The number of carbonyl (C=O) groups excluding carboxylic acids is 2. The summed E-state index contributed by atoms with van der Waals surface area (Å²) in [6, 6.07) is 5.75. The molecule has 1 rings (SSSR count). The molecule has 0 saturated heterocycles. The fourth-order valence-corrected chi connectivity index (χ4v) is 1.49. The van der Waals surface area contributed by atoms with Gasteiger partial charge in [-0.15, -0.1) is 0 Å². The first-order valence-corrected chi connectivity index (χ1v) is 6.22. The molecule has 0 heterocycles. The van der Waals surface area contributed by atoms with Crippen LogP contribution in [0.2, 0.25) is 0 Å². The van der Waals surface area contributed by atoms with E-state index in [0.717, 1.165) is 0 Å². The highest BCUT2D eigenvalue weighted by molar-refractivity contribution is 5.96. The number of carboxylic acid groups (broad SMARTS) is 1. The lowest BCUT2D eigenvalue weighted by Crippen LogP contribution is -2.53. The van der Waals surface area contributed by atoms with Crippen LogP contribution in [0.25, 0.3) is 0 Å². The Kier molecular flexibility index (Phi) is 4.85. The summed E-state index contributed by atoms with van der Waals surface area (Å²) >= 11 is 0. The fraction of sp³-hybridized carbons (Fsp3) is 0.357. The van der Waals surface area contributed by atoms with Crippen LogP contribution in [0.3, 0.4) is 0 Å². The van der Waals surface area contributed by atoms with Gasteiger partial charge >= 0.3 is 12.0 Å². The number of urea groups is 1. The van der Waals surface area contributed by atoms with Gasteiger partial charge in [0.05, 0.1) is 0 Å². The molecule has 0 spiro atoms. The summed E-state index contributed by atoms with van der Waals surface area (Å²) in [5.41, 5.74) is -0.292. The normalized spacial score (nSPS) is 13.2. The lowest BCUT2D eigenvalue weighted by molar-refractivity contribution is -0.143. The number of benzene rings is 1. The van der Waals surface area contributed by atoms with Gasteiger partial charge in [0.1, 0.15) is 5.54 Å². The third-order valence-electron chi connectivity index (χ3n) is 3.12. The highest BCUT2D eigenvalue weighted by Gasteiger charge is 2.32. The first-order chi connectivity index (χ1) is 9.28. The van der Waals surface area contributed by atoms with Crippen LogP contribution < -0.4 is 10.6 Å². The minimum atomic E-state index is -1.32. The molecule has 0 aliphatic heterocycles. The summed E-state index contributed by atoms with van der Waals surface area (Å²) in [6.07, 6.45) is 0.263. The molecule has 0 saturated carbocycles. The van der Waals surface area contributed by atoms with Crippen molar-refractivity contribution in [3.63, 3.8) is 0 Å². The van der Waals surface area contributed by atoms with E-state index in [0.29, 0.717) is 11.3 Å². The molecule has 0 bridgehead atoms. The van der Waals surface area contributed by atoms with Crippen molar-refractivity contribution in [1.29, 1.82) is 0 Å². The Morgan fingerprint density at radius 3 is 2.15 bits per heavy atom. The summed E-state index contributed by atoms with van der Waals surface area (Å²) in [6.45, 7) is 4.57. The molecule has 1 unspecified atom stereocenters. The number of carboxylic acids is 1. The van der Waals surface area contributed by atoms with E-state index in [1.54, 1.807) is 31.2 Å². The summed E-state index contributed by atoms with van der Waals surface area (Å²) in [5, 5.41) is 14.0. The van der Waals surface area contributed by atoms with Crippen LogP contribution in [-0.2, 0) is 4.79 Å². The van der Waals surface area contributed by atoms with Crippen LogP contribution >= 0.6 is 0 Å². The highest BCUT2D eigenvalue weighted by atomic mass is 16.4. The molecular formula is C14H18N2O4. The van der Waals surface area contributed by atoms with E-state index in [9.17, 15) is 14.4 Å². The average molecular weight is 278 g/mol. The molecular weight excluding hydrogens is 260 g/mol. The summed E-state index contributed by atoms with van der Waals surface area (Å²) in [4.78, 5) is 34.0. The van der Waals surface area contributed by atoms with E-state index in [-0.39, 0.29) is 12.2 Å².